The fourth-order valence-corrected chi connectivity index (χ4v) is 6.90. The topological polar surface area (TPSA) is 12.9 Å². The third kappa shape index (κ3) is 4.22. The molecule has 0 spiro atoms. The molecule has 6 aromatic rings. The van der Waals surface area contributed by atoms with Gasteiger partial charge in [-0.1, -0.05) is 111 Å². The van der Waals surface area contributed by atoms with Crippen molar-refractivity contribution in [3.63, 3.8) is 0 Å². The van der Waals surface area contributed by atoms with Gasteiger partial charge in [-0.25, -0.2) is 4.98 Å². The maximum absolute atomic E-state index is 5.01. The van der Waals surface area contributed by atoms with Crippen LogP contribution in [0.15, 0.2) is 127 Å². The Morgan fingerprint density at radius 1 is 0.821 bits per heavy atom. The summed E-state index contributed by atoms with van der Waals surface area (Å²) in [6, 6.07) is 30.9. The molecule has 1 unspecified atom stereocenters. The van der Waals surface area contributed by atoms with Gasteiger partial charge in [0.25, 0.3) is 0 Å². The molecular formula is C37H29NS. The van der Waals surface area contributed by atoms with Crippen molar-refractivity contribution >= 4 is 59.4 Å². The van der Waals surface area contributed by atoms with Crippen molar-refractivity contribution in [3.8, 4) is 10.6 Å². The van der Waals surface area contributed by atoms with Crippen molar-refractivity contribution in [1.82, 2.24) is 4.98 Å². The number of nitrogens with zero attached hydrogens (tertiary/aromatic N) is 1. The van der Waals surface area contributed by atoms with Crippen LogP contribution in [-0.2, 0) is 0 Å². The summed E-state index contributed by atoms with van der Waals surface area (Å²) in [6.45, 7) is 4.48. The van der Waals surface area contributed by atoms with E-state index in [1.807, 2.05) is 11.3 Å². The number of fused-ring (bicyclic) bond motifs is 7. The molecule has 2 heterocycles. The molecule has 1 atom stereocenters. The lowest BCUT2D eigenvalue weighted by molar-refractivity contribution is 0.884. The van der Waals surface area contributed by atoms with Crippen molar-refractivity contribution in [2.45, 2.75) is 20.3 Å². The molecule has 2 heteroatoms. The van der Waals surface area contributed by atoms with E-state index in [2.05, 4.69) is 135 Å². The highest BCUT2D eigenvalue weighted by molar-refractivity contribution is 7.23. The maximum atomic E-state index is 5.01. The first-order valence-corrected chi connectivity index (χ1v) is 14.5. The van der Waals surface area contributed by atoms with Gasteiger partial charge >= 0.3 is 0 Å². The number of para-hydroxylation sites is 1. The third-order valence-corrected chi connectivity index (χ3v) is 8.95. The first kappa shape index (κ1) is 23.8. The van der Waals surface area contributed by atoms with E-state index in [1.54, 1.807) is 0 Å². The van der Waals surface area contributed by atoms with Gasteiger partial charge in [0, 0.05) is 20.9 Å². The minimum absolute atomic E-state index is 0.421. The molecule has 0 bridgehead atoms. The van der Waals surface area contributed by atoms with Gasteiger partial charge in [-0.05, 0) is 69.5 Å². The zero-order chi connectivity index (χ0) is 26.3. The minimum Gasteiger partial charge on any atom is -0.247 e. The van der Waals surface area contributed by atoms with Gasteiger partial charge in [0.1, 0.15) is 0 Å². The number of allylic oxidation sites excluding steroid dienone is 8. The van der Waals surface area contributed by atoms with Gasteiger partial charge in [0.15, 0.2) is 0 Å². The summed E-state index contributed by atoms with van der Waals surface area (Å²) in [4.78, 5) is 6.21. The monoisotopic (exact) mass is 519 g/mol. The van der Waals surface area contributed by atoms with Gasteiger partial charge in [0.05, 0.1) is 16.1 Å². The summed E-state index contributed by atoms with van der Waals surface area (Å²) < 4.78 is 1.33. The van der Waals surface area contributed by atoms with Crippen molar-refractivity contribution in [2.75, 3.05) is 0 Å². The fraction of sp³-hybridized carbons (Fsp3) is 0.108. The van der Waals surface area contributed by atoms with E-state index in [1.165, 1.54) is 58.6 Å². The third-order valence-electron chi connectivity index (χ3n) is 7.76. The molecule has 0 fully saturated rings. The van der Waals surface area contributed by atoms with Crippen LogP contribution in [0.25, 0.3) is 58.7 Å². The van der Waals surface area contributed by atoms with E-state index in [-0.39, 0.29) is 0 Å². The molecule has 1 aliphatic rings. The predicted molar refractivity (Wildman–Crippen MR) is 171 cm³/mol. The molecule has 0 amide bonds. The van der Waals surface area contributed by atoms with Gasteiger partial charge < -0.3 is 0 Å². The summed E-state index contributed by atoms with van der Waals surface area (Å²) in [7, 11) is 0. The maximum Gasteiger partial charge on any atom is 0.0809 e. The molecule has 0 N–H and O–H groups in total. The molecule has 0 radical (unpaired) electrons. The summed E-state index contributed by atoms with van der Waals surface area (Å²) in [5.41, 5.74) is 5.98. The molecule has 2 aromatic heterocycles. The Bertz CT molecular complexity index is 2010. The van der Waals surface area contributed by atoms with Gasteiger partial charge in [-0.3, -0.25) is 0 Å². The van der Waals surface area contributed by atoms with Crippen molar-refractivity contribution in [2.24, 2.45) is 5.92 Å². The van der Waals surface area contributed by atoms with Gasteiger partial charge in [0.2, 0.25) is 0 Å². The van der Waals surface area contributed by atoms with E-state index in [0.717, 1.165) is 17.6 Å². The van der Waals surface area contributed by atoms with Crippen LogP contribution in [-0.4, -0.2) is 4.98 Å². The molecule has 0 aliphatic heterocycles. The second-order valence-corrected chi connectivity index (χ2v) is 11.3. The summed E-state index contributed by atoms with van der Waals surface area (Å²) in [5, 5.41) is 7.69. The largest absolute Gasteiger partial charge is 0.247 e. The average Bonchev–Trinajstić information content (AvgIpc) is 3.44. The van der Waals surface area contributed by atoms with Gasteiger partial charge in [-0.2, -0.15) is 0 Å². The molecule has 1 nitrogen and oxygen atoms in total. The van der Waals surface area contributed by atoms with Gasteiger partial charge in [-0.15, -0.1) is 11.3 Å². The standard InChI is InChI=1S/C37H29NS/c1-3-10-27(21-26-13-5-4-11-24(26)2)28-17-19-31-32(22-28)29-14-7-8-15-30(29)33-23-36(39-37(31)33)35-20-18-25-12-6-9-16-34(25)38-35/h4-24H,3H2,1-2H3/b26-21-,27-10+. The van der Waals surface area contributed by atoms with E-state index >= 15 is 0 Å². The number of hydrogen-bond acceptors (Lipinski definition) is 2. The number of benzene rings is 4. The Morgan fingerprint density at radius 3 is 2.49 bits per heavy atom. The highest BCUT2D eigenvalue weighted by Crippen LogP contribution is 2.43. The SMILES string of the molecule is CC/C=C(\C=C1\C=CC=CC1C)c1ccc2c(c1)c1ccccc1c1cc(-c3ccc4ccccc4n3)sc21. The fourth-order valence-electron chi connectivity index (χ4n) is 5.72. The molecule has 4 aromatic carbocycles. The van der Waals surface area contributed by atoms with Crippen LogP contribution in [0.3, 0.4) is 0 Å². The van der Waals surface area contributed by atoms with E-state index in [0.29, 0.717) is 5.92 Å². The Hall–Kier alpha value is -4.27. The summed E-state index contributed by atoms with van der Waals surface area (Å²) in [5.74, 6) is 0.421. The molecule has 7 rings (SSSR count). The van der Waals surface area contributed by atoms with Crippen molar-refractivity contribution in [1.29, 1.82) is 0 Å². The minimum atomic E-state index is 0.421. The first-order chi connectivity index (χ1) is 19.2. The second kappa shape index (κ2) is 9.80. The molecular weight excluding hydrogens is 490 g/mol. The predicted octanol–water partition coefficient (Wildman–Crippen LogP) is 10.9. The van der Waals surface area contributed by atoms with E-state index < -0.39 is 0 Å². The lowest BCUT2D eigenvalue weighted by atomic mass is 9.91. The quantitative estimate of drug-likeness (QED) is 0.211. The second-order valence-electron chi connectivity index (χ2n) is 10.3. The lowest BCUT2D eigenvalue weighted by Crippen LogP contribution is -1.97. The van der Waals surface area contributed by atoms with Crippen LogP contribution in [0.4, 0.5) is 0 Å². The lowest BCUT2D eigenvalue weighted by Gasteiger charge is -2.14. The van der Waals surface area contributed by atoms with Crippen LogP contribution in [0.2, 0.25) is 0 Å². The highest BCUT2D eigenvalue weighted by atomic mass is 32.1. The van der Waals surface area contributed by atoms with Crippen LogP contribution < -0.4 is 0 Å². The number of pyridine rings is 1. The molecule has 188 valence electrons. The van der Waals surface area contributed by atoms with Crippen LogP contribution in [0.1, 0.15) is 25.8 Å². The van der Waals surface area contributed by atoms with Crippen molar-refractivity contribution < 1.29 is 0 Å². The van der Waals surface area contributed by atoms with Crippen LogP contribution in [0.5, 0.6) is 0 Å². The number of thiophene rings is 1. The van der Waals surface area contributed by atoms with Crippen LogP contribution in [0, 0.1) is 5.92 Å². The average molecular weight is 520 g/mol. The Morgan fingerprint density at radius 2 is 1.64 bits per heavy atom. The highest BCUT2D eigenvalue weighted by Gasteiger charge is 2.15. The molecule has 1 aliphatic carbocycles. The Labute approximate surface area is 233 Å². The van der Waals surface area contributed by atoms with E-state index in [4.69, 9.17) is 4.98 Å². The number of rotatable bonds is 4. The Balaban J connectivity index is 1.43. The molecule has 0 saturated heterocycles. The zero-order valence-corrected chi connectivity index (χ0v) is 23.0. The zero-order valence-electron chi connectivity index (χ0n) is 22.2. The number of aromatic nitrogens is 1. The van der Waals surface area contributed by atoms with E-state index in [9.17, 15) is 0 Å². The summed E-state index contributed by atoms with van der Waals surface area (Å²) in [6.07, 6.45) is 14.5. The first-order valence-electron chi connectivity index (χ1n) is 13.7. The normalized spacial score (nSPS) is 16.8. The number of hydrogen-bond donors (Lipinski definition) is 0. The molecule has 39 heavy (non-hydrogen) atoms. The van der Waals surface area contributed by atoms with Crippen molar-refractivity contribution in [3.05, 3.63) is 133 Å². The summed E-state index contributed by atoms with van der Waals surface area (Å²) >= 11 is 1.85. The smallest absolute Gasteiger partial charge is 0.0809 e. The molecule has 0 saturated carbocycles. The van der Waals surface area contributed by atoms with Crippen LogP contribution >= 0.6 is 11.3 Å². The Kier molecular flexibility index (Phi) is 5.98.